The van der Waals surface area contributed by atoms with Gasteiger partial charge >= 0.3 is 5.97 Å². The van der Waals surface area contributed by atoms with E-state index < -0.39 is 5.97 Å². The Bertz CT molecular complexity index is 449. The number of aryl methyl sites for hydroxylation is 1. The highest BCUT2D eigenvalue weighted by atomic mass is 79.9. The summed E-state index contributed by atoms with van der Waals surface area (Å²) in [4.78, 5) is 11.7. The van der Waals surface area contributed by atoms with E-state index in [2.05, 4.69) is 22.0 Å². The topological polar surface area (TPSA) is 50.1 Å². The zero-order valence-corrected chi connectivity index (χ0v) is 10.8. The van der Waals surface area contributed by atoms with Crippen molar-refractivity contribution >= 4 is 21.9 Å². The van der Waals surface area contributed by atoms with Crippen molar-refractivity contribution in [3.8, 4) is 6.07 Å². The second-order valence-corrected chi connectivity index (χ2v) is 3.79. The molecule has 1 aromatic carbocycles. The van der Waals surface area contributed by atoms with Crippen LogP contribution in [0.15, 0.2) is 12.1 Å². The average molecular weight is 282 g/mol. The molecule has 1 aromatic rings. The molecule has 0 saturated heterocycles. The highest BCUT2D eigenvalue weighted by Crippen LogP contribution is 2.22. The Morgan fingerprint density at radius 1 is 1.50 bits per heavy atom. The van der Waals surface area contributed by atoms with Gasteiger partial charge in [-0.2, -0.15) is 5.26 Å². The predicted octanol–water partition coefficient (Wildman–Crippen LogP) is 2.80. The molecule has 0 fully saturated rings. The van der Waals surface area contributed by atoms with Gasteiger partial charge in [0, 0.05) is 5.33 Å². The first-order chi connectivity index (χ1) is 7.69. The number of hydrogen-bond acceptors (Lipinski definition) is 3. The number of rotatable bonds is 3. The normalized spacial score (nSPS) is 9.62. The fourth-order valence-corrected chi connectivity index (χ4v) is 2.03. The molecule has 0 bridgehead atoms. The number of ether oxygens (including phenoxy) is 1. The molecule has 16 heavy (non-hydrogen) atoms. The van der Waals surface area contributed by atoms with Crippen LogP contribution in [0.2, 0.25) is 0 Å². The Labute approximate surface area is 103 Å². The minimum Gasteiger partial charge on any atom is -0.465 e. The summed E-state index contributed by atoms with van der Waals surface area (Å²) in [6.07, 6.45) is 0.696. The van der Waals surface area contributed by atoms with Crippen molar-refractivity contribution in [2.24, 2.45) is 0 Å². The number of carbonyl (C=O) groups excluding carboxylic acids is 1. The van der Waals surface area contributed by atoms with Gasteiger partial charge in [-0.3, -0.25) is 0 Å². The third-order valence-corrected chi connectivity index (χ3v) is 3.01. The second kappa shape index (κ2) is 5.66. The monoisotopic (exact) mass is 281 g/mol. The first-order valence-electron chi connectivity index (χ1n) is 4.88. The second-order valence-electron chi connectivity index (χ2n) is 3.22. The van der Waals surface area contributed by atoms with Crippen LogP contribution in [-0.4, -0.2) is 13.1 Å². The molecule has 0 aliphatic carbocycles. The largest absolute Gasteiger partial charge is 0.465 e. The zero-order valence-electron chi connectivity index (χ0n) is 9.21. The number of nitrogens with zero attached hydrogens (tertiary/aromatic N) is 1. The number of nitriles is 1. The highest BCUT2D eigenvalue weighted by molar-refractivity contribution is 9.08. The first-order valence-corrected chi connectivity index (χ1v) is 6.00. The van der Waals surface area contributed by atoms with Crippen LogP contribution in [-0.2, 0) is 16.5 Å². The quantitative estimate of drug-likeness (QED) is 0.632. The Hall–Kier alpha value is -1.34. The molecule has 0 heterocycles. The van der Waals surface area contributed by atoms with E-state index in [9.17, 15) is 4.79 Å². The third-order valence-electron chi connectivity index (χ3n) is 2.40. The number of esters is 1. The van der Waals surface area contributed by atoms with Gasteiger partial charge < -0.3 is 4.74 Å². The van der Waals surface area contributed by atoms with Gasteiger partial charge in [0.25, 0.3) is 0 Å². The van der Waals surface area contributed by atoms with Crippen LogP contribution in [0.4, 0.5) is 0 Å². The lowest BCUT2D eigenvalue weighted by Gasteiger charge is -2.10. The Morgan fingerprint density at radius 3 is 2.56 bits per heavy atom. The summed E-state index contributed by atoms with van der Waals surface area (Å²) in [5.41, 5.74) is 2.45. The Kier molecular flexibility index (Phi) is 4.51. The smallest absolute Gasteiger partial charge is 0.339 e. The molecule has 1 rings (SSSR count). The van der Waals surface area contributed by atoms with Gasteiger partial charge in [-0.05, 0) is 17.5 Å². The maximum Gasteiger partial charge on any atom is 0.339 e. The molecule has 4 heteroatoms. The summed E-state index contributed by atoms with van der Waals surface area (Å²) in [6, 6.07) is 5.80. The lowest BCUT2D eigenvalue weighted by molar-refractivity contribution is 0.0599. The van der Waals surface area contributed by atoms with Gasteiger partial charge in [0.15, 0.2) is 0 Å². The minimum absolute atomic E-state index is 0.393. The molecule has 0 aliphatic rings. The summed E-state index contributed by atoms with van der Waals surface area (Å²) in [5.74, 6) is -0.448. The average Bonchev–Trinajstić information content (AvgIpc) is 2.35. The van der Waals surface area contributed by atoms with Crippen molar-refractivity contribution in [3.63, 3.8) is 0 Å². The fourth-order valence-electron chi connectivity index (χ4n) is 1.56. The van der Waals surface area contributed by atoms with Crippen molar-refractivity contribution in [1.29, 1.82) is 5.26 Å². The first kappa shape index (κ1) is 12.7. The number of carbonyl (C=O) groups is 1. The van der Waals surface area contributed by atoms with E-state index in [4.69, 9.17) is 10.00 Å². The third kappa shape index (κ3) is 2.25. The van der Waals surface area contributed by atoms with E-state index in [1.54, 1.807) is 0 Å². The number of halogens is 1. The van der Waals surface area contributed by atoms with E-state index in [-0.39, 0.29) is 0 Å². The lowest BCUT2D eigenvalue weighted by Crippen LogP contribution is -2.10. The van der Waals surface area contributed by atoms with Gasteiger partial charge in [-0.25, -0.2) is 4.79 Å². The number of methoxy groups -OCH3 is 1. The van der Waals surface area contributed by atoms with Crippen molar-refractivity contribution in [3.05, 3.63) is 34.4 Å². The van der Waals surface area contributed by atoms with Crippen LogP contribution < -0.4 is 0 Å². The van der Waals surface area contributed by atoms with E-state index in [0.29, 0.717) is 22.9 Å². The van der Waals surface area contributed by atoms with E-state index >= 15 is 0 Å². The van der Waals surface area contributed by atoms with Crippen LogP contribution in [0.1, 0.15) is 34.0 Å². The lowest BCUT2D eigenvalue weighted by atomic mass is 9.96. The molecule has 0 aliphatic heterocycles. The van der Waals surface area contributed by atoms with Crippen molar-refractivity contribution in [1.82, 2.24) is 0 Å². The van der Waals surface area contributed by atoms with Crippen LogP contribution in [0.5, 0.6) is 0 Å². The predicted molar refractivity (Wildman–Crippen MR) is 64.5 cm³/mol. The summed E-state index contributed by atoms with van der Waals surface area (Å²) in [5, 5.41) is 9.66. The van der Waals surface area contributed by atoms with E-state index in [1.165, 1.54) is 7.11 Å². The molecule has 0 amide bonds. The highest BCUT2D eigenvalue weighted by Gasteiger charge is 2.18. The fraction of sp³-hybridized carbons (Fsp3) is 0.333. The SMILES string of the molecule is CCc1ccc(CBr)c(C#N)c1C(=O)OC. The Morgan fingerprint density at radius 2 is 2.12 bits per heavy atom. The van der Waals surface area contributed by atoms with Gasteiger partial charge in [0.05, 0.1) is 18.2 Å². The zero-order chi connectivity index (χ0) is 12.1. The van der Waals surface area contributed by atoms with Crippen LogP contribution in [0, 0.1) is 11.3 Å². The summed E-state index contributed by atoms with van der Waals surface area (Å²) < 4.78 is 4.72. The number of benzene rings is 1. The molecule has 3 nitrogen and oxygen atoms in total. The van der Waals surface area contributed by atoms with Gasteiger partial charge in [-0.1, -0.05) is 35.0 Å². The van der Waals surface area contributed by atoms with Gasteiger partial charge in [0.2, 0.25) is 0 Å². The molecular weight excluding hydrogens is 270 g/mol. The molecule has 84 valence electrons. The molecular formula is C12H12BrNO2. The Balaban J connectivity index is 3.50. The summed E-state index contributed by atoms with van der Waals surface area (Å²) in [7, 11) is 1.32. The van der Waals surface area contributed by atoms with Crippen molar-refractivity contribution in [2.45, 2.75) is 18.7 Å². The van der Waals surface area contributed by atoms with Crippen LogP contribution >= 0.6 is 15.9 Å². The molecule has 0 atom stereocenters. The van der Waals surface area contributed by atoms with Crippen LogP contribution in [0.25, 0.3) is 0 Å². The van der Waals surface area contributed by atoms with Crippen molar-refractivity contribution < 1.29 is 9.53 Å². The van der Waals surface area contributed by atoms with E-state index in [0.717, 1.165) is 11.1 Å². The molecule has 0 N–H and O–H groups in total. The molecule has 0 unspecified atom stereocenters. The summed E-state index contributed by atoms with van der Waals surface area (Å²) >= 11 is 3.30. The van der Waals surface area contributed by atoms with Gasteiger partial charge in [-0.15, -0.1) is 0 Å². The molecule has 0 aromatic heterocycles. The molecule has 0 radical (unpaired) electrons. The standard InChI is InChI=1S/C12H12BrNO2/c1-3-8-4-5-9(6-13)10(7-14)11(8)12(15)16-2/h4-5H,3,6H2,1-2H3. The van der Waals surface area contributed by atoms with Gasteiger partial charge in [0.1, 0.15) is 6.07 Å². The van der Waals surface area contributed by atoms with Crippen LogP contribution in [0.3, 0.4) is 0 Å². The minimum atomic E-state index is -0.448. The maximum absolute atomic E-state index is 11.7. The van der Waals surface area contributed by atoms with E-state index in [1.807, 2.05) is 19.1 Å². The number of hydrogen-bond donors (Lipinski definition) is 0. The maximum atomic E-state index is 11.7. The molecule has 0 spiro atoms. The summed E-state index contributed by atoms with van der Waals surface area (Å²) in [6.45, 7) is 1.94. The van der Waals surface area contributed by atoms with Crippen molar-refractivity contribution in [2.75, 3.05) is 7.11 Å². The number of alkyl halides is 1. The molecule has 0 saturated carbocycles.